The van der Waals surface area contributed by atoms with E-state index in [-0.39, 0.29) is 0 Å². The summed E-state index contributed by atoms with van der Waals surface area (Å²) in [6, 6.07) is 95.0. The predicted octanol–water partition coefficient (Wildman–Crippen LogP) is 26.6. The Kier molecular flexibility index (Phi) is 16.8. The van der Waals surface area contributed by atoms with E-state index in [0.29, 0.717) is 0 Å². The second-order valence-corrected chi connectivity index (χ2v) is 39.4. The van der Waals surface area contributed by atoms with Crippen molar-refractivity contribution < 1.29 is 0 Å². The first kappa shape index (κ1) is 77.9. The minimum absolute atomic E-state index is 0.807. The first-order chi connectivity index (χ1) is 69.4. The van der Waals surface area contributed by atoms with Crippen LogP contribution in [0.5, 0.6) is 0 Å². The van der Waals surface area contributed by atoms with E-state index in [9.17, 15) is 0 Å². The predicted molar refractivity (Wildman–Crippen MR) is 553 cm³/mol. The van der Waals surface area contributed by atoms with Crippen LogP contribution in [-0.2, 0) is 96.3 Å². The Hall–Kier alpha value is -17.3. The molecule has 140 heavy (non-hydrogen) atoms. The monoisotopic (exact) mass is 1800 g/mol. The van der Waals surface area contributed by atoms with Gasteiger partial charge in [0.05, 0.1) is 103 Å². The number of hydrogen-bond acceptors (Lipinski definition) is 15. The fourth-order valence-electron chi connectivity index (χ4n) is 26.3. The van der Waals surface area contributed by atoms with Gasteiger partial charge >= 0.3 is 0 Å². The molecule has 15 nitrogen and oxygen atoms in total. The van der Waals surface area contributed by atoms with Gasteiger partial charge in [0.1, 0.15) is 17.5 Å². The van der Waals surface area contributed by atoms with Crippen molar-refractivity contribution in [2.75, 3.05) is 24.5 Å². The zero-order valence-corrected chi connectivity index (χ0v) is 76.6. The van der Waals surface area contributed by atoms with E-state index in [4.69, 9.17) is 34.9 Å². The van der Waals surface area contributed by atoms with Crippen molar-refractivity contribution >= 4 is 85.7 Å². The molecule has 20 aromatic rings. The molecule has 0 atom stereocenters. The number of aromatic nitrogens is 10. The van der Waals surface area contributed by atoms with Crippen LogP contribution in [0.25, 0.3) is 55.6 Å². The molecule has 0 saturated carbocycles. The highest BCUT2D eigenvalue weighted by Crippen LogP contribution is 2.61. The smallest absolute Gasteiger partial charge is 0.141 e. The Labute approximate surface area is 809 Å². The SMILES string of the molecule is c1ccc2c(c1)Cc1c-2ccc2c1Cc1ccnc3c1N2c1cccnc1C3.c1ccc2c(c1)Cc1ccc3c(c1-2)Cc1ccnc2c1N3c1ncccc1C2.c1ccc2c(c1)Cc1ccc3c(c1-2)Cc1cncc2c1N3c1ncccc1C2.c1ccc2c(c1)Cc1ccc3c(c1-2)Cc1nccc2c1N3c1cnccc1C2.c1ccc2c(c1)Cc1ccc3c(c1-2)Cc1nccc2c1N3c1ncccc1C2. The van der Waals surface area contributed by atoms with Gasteiger partial charge < -0.3 is 9.80 Å². The van der Waals surface area contributed by atoms with E-state index >= 15 is 0 Å². The van der Waals surface area contributed by atoms with E-state index in [1.54, 1.807) is 0 Å². The molecule has 0 fully saturated rings. The van der Waals surface area contributed by atoms with E-state index in [1.807, 2.05) is 98.6 Å². The van der Waals surface area contributed by atoms with Crippen LogP contribution < -0.4 is 24.5 Å². The minimum atomic E-state index is 0.807. The number of pyridine rings is 10. The first-order valence-corrected chi connectivity index (χ1v) is 49.1. The highest BCUT2D eigenvalue weighted by atomic mass is 15.3. The van der Waals surface area contributed by atoms with Crippen molar-refractivity contribution in [2.45, 2.75) is 96.3 Å². The minimum Gasteiger partial charge on any atom is -0.306 e. The van der Waals surface area contributed by atoms with Gasteiger partial charge in [0.15, 0.2) is 0 Å². The Balaban J connectivity index is 0.0000000806. The molecule has 0 radical (unpaired) electrons. The van der Waals surface area contributed by atoms with Crippen molar-refractivity contribution in [3.63, 3.8) is 0 Å². The molecule has 0 amide bonds. The lowest BCUT2D eigenvalue weighted by molar-refractivity contribution is 0.922. The third kappa shape index (κ3) is 11.5. The molecule has 15 aliphatic rings. The number of anilines is 15. The van der Waals surface area contributed by atoms with E-state index < -0.39 is 0 Å². The lowest BCUT2D eigenvalue weighted by Gasteiger charge is -2.39. The zero-order chi connectivity index (χ0) is 91.2. The van der Waals surface area contributed by atoms with Crippen LogP contribution in [0.1, 0.15) is 168 Å². The van der Waals surface area contributed by atoms with Gasteiger partial charge in [-0.1, -0.05) is 170 Å². The molecule has 0 N–H and O–H groups in total. The maximum atomic E-state index is 4.80. The van der Waals surface area contributed by atoms with E-state index in [1.165, 1.54) is 274 Å². The molecule has 5 aliphatic carbocycles. The van der Waals surface area contributed by atoms with Crippen LogP contribution in [0, 0.1) is 0 Å². The molecule has 20 heterocycles. The van der Waals surface area contributed by atoms with Crippen molar-refractivity contribution in [1.29, 1.82) is 0 Å². The summed E-state index contributed by atoms with van der Waals surface area (Å²) in [4.78, 5) is 59.0. The summed E-state index contributed by atoms with van der Waals surface area (Å²) in [6.45, 7) is 0. The molecule has 660 valence electrons. The normalized spacial score (nSPS) is 14.6. The van der Waals surface area contributed by atoms with Crippen molar-refractivity contribution in [2.24, 2.45) is 0 Å². The summed E-state index contributed by atoms with van der Waals surface area (Å²) < 4.78 is 0. The molecule has 0 saturated heterocycles. The van der Waals surface area contributed by atoms with E-state index in [0.717, 1.165) is 131 Å². The summed E-state index contributed by atoms with van der Waals surface area (Å²) >= 11 is 0. The van der Waals surface area contributed by atoms with Gasteiger partial charge in [-0.25, -0.2) is 15.0 Å². The third-order valence-electron chi connectivity index (χ3n) is 32.1. The average Bonchev–Trinajstić information content (AvgIpc) is 1.29. The fraction of sp³-hybridized carbons (Fsp3) is 0.120. The lowest BCUT2D eigenvalue weighted by Crippen LogP contribution is -2.26. The quantitative estimate of drug-likeness (QED) is 0.142. The molecular weight excluding hydrogens is 1710 g/mol. The third-order valence-corrected chi connectivity index (χ3v) is 32.1. The standard InChI is InChI=1S/5C25H17N3/c1-2-6-19-15(4-1)12-16-7-8-22-20(23(16)19)13-17-9-11-26-21-14-18-5-3-10-27-25(18)28(22)24(17)21;1-2-6-19-15(4-1)12-16-7-8-22-20(23(16)19)14-21-24-17(9-11-26-21)13-18-5-3-10-27-25(18)28(22)24;1-2-6-20-15(4-1)10-16-7-8-22-21(23(16)20)12-19-14-26-13-18-11-17-5-3-9-27-25(17)28(22)24(18)19;1-2-5-17-15(4-1)12-19-18(17)7-8-23-20(19)13-16-9-11-27-22-14-21-24(6-3-10-26-21)28(23)25(16)22;1-2-4-19-15(3-1)11-17-5-6-22-20(24(17)19)13-21-25-18(8-10-27-21)12-16-7-9-26-14-23(16)28(22)25/h2*1-11H,12-14H2;1-9,13-14H,10-12H2;1-11H,12-14H2;1-10,14H,11-13H2. The number of benzene rings is 10. The maximum Gasteiger partial charge on any atom is 0.141 e. The van der Waals surface area contributed by atoms with E-state index in [2.05, 4.69) is 276 Å². The molecule has 10 aromatic heterocycles. The summed E-state index contributed by atoms with van der Waals surface area (Å²) in [6.07, 6.45) is 37.6. The van der Waals surface area contributed by atoms with Gasteiger partial charge in [-0.2, -0.15) is 0 Å². The highest BCUT2D eigenvalue weighted by Gasteiger charge is 2.44. The van der Waals surface area contributed by atoms with Crippen molar-refractivity contribution in [3.8, 4) is 55.6 Å². The van der Waals surface area contributed by atoms with Gasteiger partial charge in [-0.05, 0) is 312 Å². The van der Waals surface area contributed by atoms with Gasteiger partial charge in [-0.3, -0.25) is 49.6 Å². The molecule has 35 rings (SSSR count). The molecule has 15 heteroatoms. The number of rotatable bonds is 0. The molecular formula is C125H85N15. The van der Waals surface area contributed by atoms with Gasteiger partial charge in [0, 0.05) is 138 Å². The average molecular weight is 1800 g/mol. The summed E-state index contributed by atoms with van der Waals surface area (Å²) in [5.74, 6) is 3.17. The number of nitrogens with zero attached hydrogens (tertiary/aromatic N) is 15. The van der Waals surface area contributed by atoms with Crippen LogP contribution in [0.4, 0.5) is 85.7 Å². The number of hydrogen-bond donors (Lipinski definition) is 0. The van der Waals surface area contributed by atoms with Crippen LogP contribution in [0.3, 0.4) is 0 Å². The fourth-order valence-corrected chi connectivity index (χ4v) is 26.3. The van der Waals surface area contributed by atoms with Gasteiger partial charge in [0.25, 0.3) is 0 Å². The van der Waals surface area contributed by atoms with Crippen LogP contribution in [-0.4, -0.2) is 49.8 Å². The van der Waals surface area contributed by atoms with Crippen molar-refractivity contribution in [1.82, 2.24) is 49.8 Å². The Morgan fingerprint density at radius 2 is 0.479 bits per heavy atom. The van der Waals surface area contributed by atoms with Crippen LogP contribution >= 0.6 is 0 Å². The molecule has 0 unspecified atom stereocenters. The Bertz CT molecular complexity index is 8080. The largest absolute Gasteiger partial charge is 0.306 e. The summed E-state index contributed by atoms with van der Waals surface area (Å²) in [5.41, 5.74) is 69.4. The summed E-state index contributed by atoms with van der Waals surface area (Å²) in [7, 11) is 0. The maximum absolute atomic E-state index is 4.80. The second-order valence-electron chi connectivity index (χ2n) is 39.4. The Morgan fingerprint density at radius 1 is 0.150 bits per heavy atom. The second kappa shape index (κ2) is 30.1. The highest BCUT2D eigenvalue weighted by molar-refractivity contribution is 6.00. The number of fused-ring (bicyclic) bond motifs is 40. The summed E-state index contributed by atoms with van der Waals surface area (Å²) in [5, 5.41) is 0. The molecule has 0 bridgehead atoms. The molecule has 0 spiro atoms. The Morgan fingerprint density at radius 3 is 0.993 bits per heavy atom. The molecule has 10 aliphatic heterocycles. The first-order valence-electron chi connectivity index (χ1n) is 49.1. The zero-order valence-electron chi connectivity index (χ0n) is 76.6. The van der Waals surface area contributed by atoms with Crippen LogP contribution in [0.2, 0.25) is 0 Å². The van der Waals surface area contributed by atoms with Gasteiger partial charge in [-0.15, -0.1) is 0 Å². The lowest BCUT2D eigenvalue weighted by atomic mass is 9.85. The van der Waals surface area contributed by atoms with Crippen LogP contribution in [0.15, 0.2) is 335 Å². The van der Waals surface area contributed by atoms with Crippen molar-refractivity contribution in [3.05, 3.63) is 503 Å². The topological polar surface area (TPSA) is 145 Å². The molecule has 10 aromatic carbocycles. The van der Waals surface area contributed by atoms with Gasteiger partial charge in [0.2, 0.25) is 0 Å².